The number of rotatable bonds is 4. The van der Waals surface area contributed by atoms with Crippen molar-refractivity contribution in [2.75, 3.05) is 13.1 Å². The number of hydrazine groups is 1. The van der Waals surface area contributed by atoms with Crippen LogP contribution in [0.1, 0.15) is 52.4 Å². The Kier molecular flexibility index (Phi) is 4.06. The zero-order valence-electron chi connectivity index (χ0n) is 11.2. The first-order valence-corrected chi connectivity index (χ1v) is 7.26. The molecule has 0 saturated heterocycles. The molecule has 0 heterocycles. The van der Waals surface area contributed by atoms with Crippen LogP contribution in [0.4, 0.5) is 0 Å². The lowest BCUT2D eigenvalue weighted by Gasteiger charge is -2.58. The third-order valence-corrected chi connectivity index (χ3v) is 5.20. The molecule has 4 aliphatic rings. The number of hydrogen-bond acceptors (Lipinski definition) is 2. The number of nitrogens with zero attached hydrogens (tertiary/aromatic N) is 1. The minimum atomic E-state index is 0. The molecule has 0 aromatic rings. The summed E-state index contributed by atoms with van der Waals surface area (Å²) < 4.78 is 0. The Bertz CT molecular complexity index is 228. The zero-order chi connectivity index (χ0) is 11.2. The van der Waals surface area contributed by atoms with Gasteiger partial charge >= 0.3 is 0 Å². The van der Waals surface area contributed by atoms with Gasteiger partial charge in [0.25, 0.3) is 0 Å². The second-order valence-electron chi connectivity index (χ2n) is 6.48. The van der Waals surface area contributed by atoms with Crippen molar-refractivity contribution in [2.45, 2.75) is 57.9 Å². The zero-order valence-corrected chi connectivity index (χ0v) is 12.1. The van der Waals surface area contributed by atoms with Crippen LogP contribution in [0.3, 0.4) is 0 Å². The van der Waals surface area contributed by atoms with E-state index < -0.39 is 0 Å². The van der Waals surface area contributed by atoms with Crippen molar-refractivity contribution in [1.29, 1.82) is 0 Å². The number of halogens is 1. The van der Waals surface area contributed by atoms with Gasteiger partial charge in [-0.3, -0.25) is 0 Å². The Morgan fingerprint density at radius 1 is 0.941 bits per heavy atom. The van der Waals surface area contributed by atoms with Crippen molar-refractivity contribution in [3.8, 4) is 0 Å². The van der Waals surface area contributed by atoms with E-state index in [-0.39, 0.29) is 12.4 Å². The van der Waals surface area contributed by atoms with E-state index in [1.54, 1.807) is 0 Å². The Labute approximate surface area is 112 Å². The number of nitrogens with one attached hydrogen (secondary N) is 1. The summed E-state index contributed by atoms with van der Waals surface area (Å²) in [6.07, 6.45) is 8.98. The van der Waals surface area contributed by atoms with Gasteiger partial charge in [0.1, 0.15) is 0 Å². The first kappa shape index (κ1) is 13.6. The van der Waals surface area contributed by atoms with Gasteiger partial charge in [-0.15, -0.1) is 12.4 Å². The molecule has 4 rings (SSSR count). The molecular weight excluding hydrogens is 232 g/mol. The van der Waals surface area contributed by atoms with Gasteiger partial charge in [0.15, 0.2) is 0 Å². The van der Waals surface area contributed by atoms with Crippen molar-refractivity contribution < 1.29 is 0 Å². The Morgan fingerprint density at radius 2 is 1.35 bits per heavy atom. The molecule has 0 atom stereocenters. The van der Waals surface area contributed by atoms with Crippen LogP contribution in [0, 0.1) is 17.8 Å². The van der Waals surface area contributed by atoms with Crippen LogP contribution in [0.25, 0.3) is 0 Å². The van der Waals surface area contributed by atoms with Crippen LogP contribution in [-0.4, -0.2) is 23.6 Å². The molecule has 17 heavy (non-hydrogen) atoms. The first-order valence-electron chi connectivity index (χ1n) is 7.26. The summed E-state index contributed by atoms with van der Waals surface area (Å²) in [6, 6.07) is 0. The fraction of sp³-hybridized carbons (Fsp3) is 1.00. The predicted molar refractivity (Wildman–Crippen MR) is 74.2 cm³/mol. The van der Waals surface area contributed by atoms with Gasteiger partial charge in [0.05, 0.1) is 0 Å². The van der Waals surface area contributed by atoms with Crippen LogP contribution in [0.2, 0.25) is 0 Å². The Morgan fingerprint density at radius 3 is 1.71 bits per heavy atom. The molecule has 0 aromatic carbocycles. The molecule has 0 unspecified atom stereocenters. The van der Waals surface area contributed by atoms with Crippen molar-refractivity contribution in [3.63, 3.8) is 0 Å². The topological polar surface area (TPSA) is 15.3 Å². The molecule has 4 bridgehead atoms. The summed E-state index contributed by atoms with van der Waals surface area (Å²) in [5.41, 5.74) is 4.40. The smallest absolute Gasteiger partial charge is 0.0334 e. The van der Waals surface area contributed by atoms with E-state index in [9.17, 15) is 0 Å². The van der Waals surface area contributed by atoms with E-state index in [1.165, 1.54) is 38.5 Å². The van der Waals surface area contributed by atoms with Crippen molar-refractivity contribution in [3.05, 3.63) is 0 Å². The van der Waals surface area contributed by atoms with E-state index in [4.69, 9.17) is 0 Å². The fourth-order valence-corrected chi connectivity index (χ4v) is 4.96. The largest absolute Gasteiger partial charge is 0.249 e. The maximum Gasteiger partial charge on any atom is 0.0334 e. The van der Waals surface area contributed by atoms with Gasteiger partial charge in [-0.2, -0.15) is 0 Å². The summed E-state index contributed by atoms with van der Waals surface area (Å²) in [6.45, 7) is 6.80. The SMILES string of the molecule is CCN(CC)NC12CC3CC(CC(C3)C1)C2.Cl. The highest BCUT2D eigenvalue weighted by Gasteiger charge is 2.51. The summed E-state index contributed by atoms with van der Waals surface area (Å²) in [7, 11) is 0. The van der Waals surface area contributed by atoms with Gasteiger partial charge in [0, 0.05) is 18.6 Å². The first-order chi connectivity index (χ1) is 7.73. The van der Waals surface area contributed by atoms with E-state index in [0.717, 1.165) is 30.8 Å². The molecule has 4 aliphatic carbocycles. The highest BCUT2D eigenvalue weighted by atomic mass is 35.5. The molecule has 0 amide bonds. The molecule has 3 heteroatoms. The van der Waals surface area contributed by atoms with Gasteiger partial charge in [-0.1, -0.05) is 13.8 Å². The lowest BCUT2D eigenvalue weighted by atomic mass is 9.53. The summed E-state index contributed by atoms with van der Waals surface area (Å²) in [5, 5.41) is 2.42. The van der Waals surface area contributed by atoms with E-state index in [1.807, 2.05) is 0 Å². The monoisotopic (exact) mass is 258 g/mol. The maximum absolute atomic E-state index is 3.89. The third kappa shape index (κ3) is 2.50. The van der Waals surface area contributed by atoms with Crippen LogP contribution >= 0.6 is 12.4 Å². The van der Waals surface area contributed by atoms with Crippen LogP contribution < -0.4 is 5.43 Å². The van der Waals surface area contributed by atoms with E-state index in [2.05, 4.69) is 24.3 Å². The molecule has 4 saturated carbocycles. The lowest BCUT2D eigenvalue weighted by Crippen LogP contribution is -2.62. The molecule has 100 valence electrons. The quantitative estimate of drug-likeness (QED) is 0.779. The average Bonchev–Trinajstić information content (AvgIpc) is 2.24. The second-order valence-corrected chi connectivity index (χ2v) is 6.48. The molecule has 0 radical (unpaired) electrons. The minimum Gasteiger partial charge on any atom is -0.249 e. The third-order valence-electron chi connectivity index (χ3n) is 5.20. The van der Waals surface area contributed by atoms with Crippen molar-refractivity contribution in [2.24, 2.45) is 17.8 Å². The van der Waals surface area contributed by atoms with Gasteiger partial charge in [0.2, 0.25) is 0 Å². The molecule has 0 spiro atoms. The molecule has 2 nitrogen and oxygen atoms in total. The van der Waals surface area contributed by atoms with Crippen molar-refractivity contribution >= 4 is 12.4 Å². The van der Waals surface area contributed by atoms with Crippen LogP contribution in [0.15, 0.2) is 0 Å². The van der Waals surface area contributed by atoms with E-state index >= 15 is 0 Å². The molecular formula is C14H27ClN2. The normalized spacial score (nSPS) is 42.9. The Balaban J connectivity index is 0.00000108. The highest BCUT2D eigenvalue weighted by molar-refractivity contribution is 5.85. The second kappa shape index (κ2) is 5.07. The van der Waals surface area contributed by atoms with Crippen molar-refractivity contribution in [1.82, 2.24) is 10.4 Å². The summed E-state index contributed by atoms with van der Waals surface area (Å²) >= 11 is 0. The molecule has 0 aliphatic heterocycles. The lowest BCUT2D eigenvalue weighted by molar-refractivity contribution is -0.0568. The maximum atomic E-state index is 3.89. The van der Waals surface area contributed by atoms with E-state index in [0.29, 0.717) is 5.54 Å². The standard InChI is InChI=1S/C14H26N2.ClH/c1-3-16(4-2)15-14-8-11-5-12(9-14)7-13(6-11)10-14;/h11-13,15H,3-10H2,1-2H3;1H. The molecule has 0 aromatic heterocycles. The van der Waals surface area contributed by atoms with Crippen LogP contribution in [0.5, 0.6) is 0 Å². The summed E-state index contributed by atoms with van der Waals surface area (Å²) in [4.78, 5) is 0. The minimum absolute atomic E-state index is 0. The number of hydrogen-bond donors (Lipinski definition) is 1. The van der Waals surface area contributed by atoms with Gasteiger partial charge in [-0.25, -0.2) is 10.4 Å². The molecule has 1 N–H and O–H groups in total. The Hall–Kier alpha value is 0.210. The van der Waals surface area contributed by atoms with Gasteiger partial charge in [-0.05, 0) is 56.3 Å². The predicted octanol–water partition coefficient (Wildman–Crippen LogP) is 3.22. The fourth-order valence-electron chi connectivity index (χ4n) is 4.96. The average molecular weight is 259 g/mol. The van der Waals surface area contributed by atoms with Gasteiger partial charge < -0.3 is 0 Å². The van der Waals surface area contributed by atoms with Crippen LogP contribution in [-0.2, 0) is 0 Å². The summed E-state index contributed by atoms with van der Waals surface area (Å²) in [5.74, 6) is 3.15. The molecule has 4 fully saturated rings. The highest BCUT2D eigenvalue weighted by Crippen LogP contribution is 2.55.